The maximum atomic E-state index is 8.82. The number of hydrogen-bond donors (Lipinski definition) is 1. The fourth-order valence-corrected chi connectivity index (χ4v) is 3.00. The number of hydrogen-bond acceptors (Lipinski definition) is 5. The minimum absolute atomic E-state index is 0.204. The van der Waals surface area contributed by atoms with Crippen LogP contribution in [0.15, 0.2) is 42.5 Å². The lowest BCUT2D eigenvalue weighted by Gasteiger charge is -2.25. The summed E-state index contributed by atoms with van der Waals surface area (Å²) < 4.78 is 17.0. The zero-order valence-corrected chi connectivity index (χ0v) is 15.2. The van der Waals surface area contributed by atoms with E-state index in [1.54, 1.807) is 12.1 Å². The van der Waals surface area contributed by atoms with Crippen molar-refractivity contribution in [3.8, 4) is 23.3 Å². The van der Waals surface area contributed by atoms with Crippen LogP contribution in [0.2, 0.25) is 0 Å². The van der Waals surface area contributed by atoms with Crippen molar-refractivity contribution in [1.82, 2.24) is 5.32 Å². The molecule has 5 heteroatoms. The molecule has 0 aromatic heterocycles. The van der Waals surface area contributed by atoms with Gasteiger partial charge >= 0.3 is 0 Å². The summed E-state index contributed by atoms with van der Waals surface area (Å²) in [5.41, 5.74) is 1.82. The van der Waals surface area contributed by atoms with Crippen molar-refractivity contribution < 1.29 is 14.2 Å². The second kappa shape index (κ2) is 8.59. The van der Waals surface area contributed by atoms with Crippen LogP contribution in [-0.4, -0.2) is 26.4 Å². The fourth-order valence-electron chi connectivity index (χ4n) is 3.00. The molecule has 0 fully saturated rings. The third kappa shape index (κ3) is 4.47. The van der Waals surface area contributed by atoms with Crippen molar-refractivity contribution in [3.05, 3.63) is 53.6 Å². The van der Waals surface area contributed by atoms with Crippen LogP contribution in [0.3, 0.4) is 0 Å². The third-order valence-electron chi connectivity index (χ3n) is 4.31. The first-order valence-electron chi connectivity index (χ1n) is 8.93. The second-order valence-corrected chi connectivity index (χ2v) is 6.56. The molecule has 0 saturated heterocycles. The molecule has 1 unspecified atom stereocenters. The summed E-state index contributed by atoms with van der Waals surface area (Å²) in [5.74, 6) is 2.82. The van der Waals surface area contributed by atoms with Crippen LogP contribution in [0.5, 0.6) is 17.2 Å². The van der Waals surface area contributed by atoms with Crippen molar-refractivity contribution in [2.75, 3.05) is 26.4 Å². The van der Waals surface area contributed by atoms with E-state index in [0.29, 0.717) is 31.3 Å². The summed E-state index contributed by atoms with van der Waals surface area (Å²) in [7, 11) is 0. The largest absolute Gasteiger partial charge is 0.492 e. The fraction of sp³-hybridized carbons (Fsp3) is 0.381. The van der Waals surface area contributed by atoms with Crippen molar-refractivity contribution in [3.63, 3.8) is 0 Å². The smallest absolute Gasteiger partial charge is 0.161 e. The zero-order valence-electron chi connectivity index (χ0n) is 15.2. The maximum Gasteiger partial charge on any atom is 0.161 e. The van der Waals surface area contributed by atoms with Gasteiger partial charge < -0.3 is 19.5 Å². The molecule has 0 radical (unpaired) electrons. The molecule has 1 atom stereocenters. The molecule has 136 valence electrons. The third-order valence-corrected chi connectivity index (χ3v) is 4.31. The highest BCUT2D eigenvalue weighted by atomic mass is 16.6. The molecular weight excluding hydrogens is 328 g/mol. The molecule has 5 nitrogen and oxygen atoms in total. The second-order valence-electron chi connectivity index (χ2n) is 6.56. The molecule has 2 aromatic carbocycles. The van der Waals surface area contributed by atoms with Crippen LogP contribution in [0.1, 0.15) is 31.0 Å². The van der Waals surface area contributed by atoms with Gasteiger partial charge in [-0.15, -0.1) is 0 Å². The predicted molar refractivity (Wildman–Crippen MR) is 99.7 cm³/mol. The first-order chi connectivity index (χ1) is 12.7. The lowest BCUT2D eigenvalue weighted by Crippen LogP contribution is -2.29. The van der Waals surface area contributed by atoms with Crippen LogP contribution >= 0.6 is 0 Å². The van der Waals surface area contributed by atoms with Gasteiger partial charge in [-0.2, -0.15) is 5.26 Å². The van der Waals surface area contributed by atoms with E-state index in [0.717, 1.165) is 23.8 Å². The Labute approximate surface area is 154 Å². The first kappa shape index (κ1) is 18.1. The van der Waals surface area contributed by atoms with E-state index in [1.165, 1.54) is 5.56 Å². The summed E-state index contributed by atoms with van der Waals surface area (Å²) >= 11 is 0. The van der Waals surface area contributed by atoms with Gasteiger partial charge in [-0.05, 0) is 47.9 Å². The van der Waals surface area contributed by atoms with E-state index < -0.39 is 0 Å². The molecule has 0 aliphatic carbocycles. The lowest BCUT2D eigenvalue weighted by atomic mass is 9.95. The minimum atomic E-state index is 0.204. The standard InChI is InChI=1S/C21H24N2O3/c1-15(2)21(17-5-8-19-20(13-17)26-12-11-25-19)23-9-10-24-18-6-3-16(14-22)4-7-18/h3-8,13,15,21,23H,9-12H2,1-2H3. The molecule has 1 N–H and O–H groups in total. The number of benzene rings is 2. The van der Waals surface area contributed by atoms with E-state index in [2.05, 4.69) is 37.4 Å². The molecule has 0 saturated carbocycles. The van der Waals surface area contributed by atoms with Gasteiger partial charge in [0.15, 0.2) is 11.5 Å². The van der Waals surface area contributed by atoms with Crippen molar-refractivity contribution in [2.45, 2.75) is 19.9 Å². The molecule has 0 bridgehead atoms. The lowest BCUT2D eigenvalue weighted by molar-refractivity contribution is 0.171. The van der Waals surface area contributed by atoms with Crippen LogP contribution < -0.4 is 19.5 Å². The van der Waals surface area contributed by atoms with Crippen LogP contribution in [-0.2, 0) is 0 Å². The number of nitrogens with one attached hydrogen (secondary N) is 1. The number of rotatable bonds is 7. The van der Waals surface area contributed by atoms with E-state index in [-0.39, 0.29) is 6.04 Å². The SMILES string of the molecule is CC(C)C(NCCOc1ccc(C#N)cc1)c1ccc2c(c1)OCCO2. The highest BCUT2D eigenvalue weighted by Gasteiger charge is 2.19. The summed E-state index contributed by atoms with van der Waals surface area (Å²) in [4.78, 5) is 0. The summed E-state index contributed by atoms with van der Waals surface area (Å²) in [5, 5.41) is 12.4. The molecule has 1 heterocycles. The quantitative estimate of drug-likeness (QED) is 0.770. The van der Waals surface area contributed by atoms with Gasteiger partial charge in [0.25, 0.3) is 0 Å². The first-order valence-corrected chi connectivity index (χ1v) is 8.93. The van der Waals surface area contributed by atoms with Crippen molar-refractivity contribution in [1.29, 1.82) is 5.26 Å². The molecule has 1 aliphatic rings. The molecule has 0 amide bonds. The highest BCUT2D eigenvalue weighted by Crippen LogP contribution is 2.34. The average molecular weight is 352 g/mol. The van der Waals surface area contributed by atoms with Crippen molar-refractivity contribution in [2.24, 2.45) is 5.92 Å². The predicted octanol–water partition coefficient (Wildman–Crippen LogP) is 3.70. The van der Waals surface area contributed by atoms with Crippen LogP contribution in [0, 0.1) is 17.2 Å². The summed E-state index contributed by atoms with van der Waals surface area (Å²) in [6.07, 6.45) is 0. The van der Waals surface area contributed by atoms with E-state index in [1.807, 2.05) is 18.2 Å². The van der Waals surface area contributed by atoms with E-state index >= 15 is 0 Å². The Hall–Kier alpha value is -2.71. The molecule has 1 aliphatic heterocycles. The summed E-state index contributed by atoms with van der Waals surface area (Å²) in [6.45, 7) is 6.85. The monoisotopic (exact) mass is 352 g/mol. The number of fused-ring (bicyclic) bond motifs is 1. The Morgan fingerprint density at radius 3 is 2.50 bits per heavy atom. The topological polar surface area (TPSA) is 63.5 Å². The molecule has 26 heavy (non-hydrogen) atoms. The van der Waals surface area contributed by atoms with Crippen molar-refractivity contribution >= 4 is 0 Å². The maximum absolute atomic E-state index is 8.82. The zero-order chi connectivity index (χ0) is 18.4. The van der Waals surface area contributed by atoms with Gasteiger partial charge in [-0.3, -0.25) is 0 Å². The Balaban J connectivity index is 1.56. The van der Waals surface area contributed by atoms with E-state index in [9.17, 15) is 0 Å². The highest BCUT2D eigenvalue weighted by molar-refractivity contribution is 5.44. The van der Waals surface area contributed by atoms with Gasteiger partial charge in [0.2, 0.25) is 0 Å². The normalized spacial score (nSPS) is 13.9. The van der Waals surface area contributed by atoms with Gasteiger partial charge in [0.05, 0.1) is 11.6 Å². The number of nitriles is 1. The Morgan fingerprint density at radius 1 is 1.08 bits per heavy atom. The Morgan fingerprint density at radius 2 is 1.81 bits per heavy atom. The molecular formula is C21H24N2O3. The number of ether oxygens (including phenoxy) is 3. The van der Waals surface area contributed by atoms with Gasteiger partial charge in [-0.1, -0.05) is 19.9 Å². The van der Waals surface area contributed by atoms with Crippen LogP contribution in [0.4, 0.5) is 0 Å². The van der Waals surface area contributed by atoms with Gasteiger partial charge in [-0.25, -0.2) is 0 Å². The molecule has 3 rings (SSSR count). The van der Waals surface area contributed by atoms with Gasteiger partial charge in [0, 0.05) is 12.6 Å². The Kier molecular flexibility index (Phi) is 5.98. The summed E-state index contributed by atoms with van der Waals surface area (Å²) in [6, 6.07) is 15.6. The average Bonchev–Trinajstić information content (AvgIpc) is 2.68. The minimum Gasteiger partial charge on any atom is -0.492 e. The van der Waals surface area contributed by atoms with Gasteiger partial charge in [0.1, 0.15) is 25.6 Å². The molecule has 2 aromatic rings. The Bertz CT molecular complexity index is 766. The number of nitrogens with zero attached hydrogens (tertiary/aromatic N) is 1. The molecule has 0 spiro atoms. The van der Waals surface area contributed by atoms with Crippen LogP contribution in [0.25, 0.3) is 0 Å². The van der Waals surface area contributed by atoms with E-state index in [4.69, 9.17) is 19.5 Å².